The number of ether oxygens (including phenoxy) is 2. The zero-order chi connectivity index (χ0) is 17.7. The van der Waals surface area contributed by atoms with Crippen LogP contribution in [0.1, 0.15) is 26.3 Å². The minimum Gasteiger partial charge on any atom is -0.497 e. The zero-order valence-electron chi connectivity index (χ0n) is 15.0. The van der Waals surface area contributed by atoms with Crippen molar-refractivity contribution in [3.05, 3.63) is 54.1 Å². The standard InChI is InChI=1S/C19H24N2O3.ClH/c1-19(2,3)14-5-9-17(10-6-14)24-13-18(22)21(20)15-7-11-16(23-4)12-8-15;/h5-12H,13,20H2,1-4H3;1H. The molecule has 0 aliphatic carbocycles. The van der Waals surface area contributed by atoms with Crippen LogP contribution >= 0.6 is 12.4 Å². The maximum absolute atomic E-state index is 12.1. The van der Waals surface area contributed by atoms with Crippen molar-refractivity contribution in [1.29, 1.82) is 0 Å². The molecule has 2 rings (SSSR count). The first-order valence-electron chi connectivity index (χ1n) is 7.76. The molecule has 0 aromatic heterocycles. The van der Waals surface area contributed by atoms with Crippen molar-refractivity contribution in [2.45, 2.75) is 26.2 Å². The molecule has 2 aromatic carbocycles. The molecule has 0 radical (unpaired) electrons. The van der Waals surface area contributed by atoms with Crippen LogP contribution in [-0.4, -0.2) is 19.6 Å². The van der Waals surface area contributed by atoms with Gasteiger partial charge in [0.05, 0.1) is 12.8 Å². The Balaban J connectivity index is 0.00000312. The summed E-state index contributed by atoms with van der Waals surface area (Å²) in [5.41, 5.74) is 1.86. The van der Waals surface area contributed by atoms with Crippen LogP contribution in [0.15, 0.2) is 48.5 Å². The lowest BCUT2D eigenvalue weighted by Crippen LogP contribution is -2.40. The fraction of sp³-hybridized carbons (Fsp3) is 0.316. The Morgan fingerprint density at radius 2 is 1.52 bits per heavy atom. The first kappa shape index (κ1) is 20.8. The van der Waals surface area contributed by atoms with E-state index in [9.17, 15) is 4.79 Å². The van der Waals surface area contributed by atoms with Gasteiger partial charge in [-0.15, -0.1) is 12.4 Å². The number of benzene rings is 2. The number of nitrogens with two attached hydrogens (primary N) is 1. The maximum atomic E-state index is 12.1. The predicted molar refractivity (Wildman–Crippen MR) is 103 cm³/mol. The van der Waals surface area contributed by atoms with Gasteiger partial charge in [0.25, 0.3) is 5.91 Å². The summed E-state index contributed by atoms with van der Waals surface area (Å²) in [5, 5.41) is 1.07. The molecule has 136 valence electrons. The van der Waals surface area contributed by atoms with Crippen LogP contribution < -0.4 is 20.3 Å². The molecule has 0 bridgehead atoms. The Morgan fingerprint density at radius 1 is 1.00 bits per heavy atom. The molecule has 5 nitrogen and oxygen atoms in total. The summed E-state index contributed by atoms with van der Waals surface area (Å²) in [6.45, 7) is 6.31. The summed E-state index contributed by atoms with van der Waals surface area (Å²) in [5.74, 6) is 6.85. The zero-order valence-corrected chi connectivity index (χ0v) is 15.8. The van der Waals surface area contributed by atoms with Crippen molar-refractivity contribution in [3.8, 4) is 11.5 Å². The first-order chi connectivity index (χ1) is 11.3. The number of hydrogen-bond donors (Lipinski definition) is 1. The number of hydrazine groups is 1. The molecule has 0 unspecified atom stereocenters. The molecule has 1 amide bonds. The SMILES string of the molecule is COc1ccc(N(N)C(=O)COc2ccc(C(C)(C)C)cc2)cc1.Cl. The Bertz CT molecular complexity index is 679. The van der Waals surface area contributed by atoms with Crippen LogP contribution in [0.25, 0.3) is 0 Å². The van der Waals surface area contributed by atoms with E-state index in [-0.39, 0.29) is 30.3 Å². The third-order valence-electron chi connectivity index (χ3n) is 3.70. The molecule has 2 N–H and O–H groups in total. The molecule has 0 atom stereocenters. The van der Waals surface area contributed by atoms with Crippen molar-refractivity contribution in [2.75, 3.05) is 18.7 Å². The Hall–Kier alpha value is -2.24. The first-order valence-corrected chi connectivity index (χ1v) is 7.76. The Labute approximate surface area is 155 Å². The van der Waals surface area contributed by atoms with Gasteiger partial charge in [0, 0.05) is 0 Å². The van der Waals surface area contributed by atoms with Crippen molar-refractivity contribution < 1.29 is 14.3 Å². The number of nitrogens with zero attached hydrogens (tertiary/aromatic N) is 1. The van der Waals surface area contributed by atoms with E-state index in [0.717, 1.165) is 5.01 Å². The summed E-state index contributed by atoms with van der Waals surface area (Å²) in [6, 6.07) is 14.7. The van der Waals surface area contributed by atoms with Gasteiger partial charge in [-0.1, -0.05) is 32.9 Å². The van der Waals surface area contributed by atoms with Crippen molar-refractivity contribution in [3.63, 3.8) is 0 Å². The number of amides is 1. The predicted octanol–water partition coefficient (Wildman–Crippen LogP) is 3.70. The van der Waals surface area contributed by atoms with E-state index < -0.39 is 0 Å². The topological polar surface area (TPSA) is 64.8 Å². The second-order valence-corrected chi connectivity index (χ2v) is 6.52. The van der Waals surface area contributed by atoms with Crippen LogP contribution in [0, 0.1) is 0 Å². The highest BCUT2D eigenvalue weighted by molar-refractivity contribution is 5.93. The number of carbonyl (C=O) groups is 1. The van der Waals surface area contributed by atoms with Gasteiger partial charge in [0.2, 0.25) is 0 Å². The van der Waals surface area contributed by atoms with Gasteiger partial charge in [-0.05, 0) is 47.4 Å². The highest BCUT2D eigenvalue weighted by Crippen LogP contribution is 2.24. The van der Waals surface area contributed by atoms with E-state index in [4.69, 9.17) is 15.3 Å². The average Bonchev–Trinajstić information content (AvgIpc) is 2.58. The second-order valence-electron chi connectivity index (χ2n) is 6.52. The molecule has 0 fully saturated rings. The molecule has 0 heterocycles. The van der Waals surface area contributed by atoms with E-state index in [0.29, 0.717) is 17.2 Å². The van der Waals surface area contributed by atoms with Gasteiger partial charge < -0.3 is 9.47 Å². The monoisotopic (exact) mass is 364 g/mol. The minimum atomic E-state index is -0.333. The van der Waals surface area contributed by atoms with Crippen molar-refractivity contribution in [1.82, 2.24) is 0 Å². The quantitative estimate of drug-likeness (QED) is 0.499. The van der Waals surface area contributed by atoms with E-state index in [1.165, 1.54) is 5.56 Å². The highest BCUT2D eigenvalue weighted by atomic mass is 35.5. The van der Waals surface area contributed by atoms with Crippen molar-refractivity contribution >= 4 is 24.0 Å². The van der Waals surface area contributed by atoms with Gasteiger partial charge in [-0.25, -0.2) is 10.9 Å². The van der Waals surface area contributed by atoms with Gasteiger partial charge in [0.15, 0.2) is 6.61 Å². The number of hydrogen-bond acceptors (Lipinski definition) is 4. The van der Waals surface area contributed by atoms with Gasteiger partial charge in [0.1, 0.15) is 11.5 Å². The van der Waals surface area contributed by atoms with Crippen LogP contribution in [0.5, 0.6) is 11.5 Å². The summed E-state index contributed by atoms with van der Waals surface area (Å²) < 4.78 is 10.6. The summed E-state index contributed by atoms with van der Waals surface area (Å²) in [7, 11) is 1.58. The largest absolute Gasteiger partial charge is 0.497 e. The average molecular weight is 365 g/mol. The number of methoxy groups -OCH3 is 1. The van der Waals surface area contributed by atoms with Crippen LogP contribution in [0.3, 0.4) is 0 Å². The Kier molecular flexibility index (Phi) is 7.27. The molecule has 2 aromatic rings. The third kappa shape index (κ3) is 5.66. The van der Waals surface area contributed by atoms with Crippen LogP contribution in [0.2, 0.25) is 0 Å². The van der Waals surface area contributed by atoms with E-state index in [1.807, 2.05) is 24.3 Å². The minimum absolute atomic E-state index is 0. The van der Waals surface area contributed by atoms with E-state index >= 15 is 0 Å². The normalized spacial score (nSPS) is 10.6. The highest BCUT2D eigenvalue weighted by Gasteiger charge is 2.15. The molecule has 0 saturated heterocycles. The molecule has 0 saturated carbocycles. The number of rotatable bonds is 5. The lowest BCUT2D eigenvalue weighted by Gasteiger charge is -2.20. The third-order valence-corrected chi connectivity index (χ3v) is 3.70. The van der Waals surface area contributed by atoms with Crippen LogP contribution in [0.4, 0.5) is 5.69 Å². The second kappa shape index (κ2) is 8.74. The molecular weight excluding hydrogens is 340 g/mol. The molecule has 0 aliphatic heterocycles. The van der Waals surface area contributed by atoms with Gasteiger partial charge in [-0.2, -0.15) is 0 Å². The van der Waals surface area contributed by atoms with E-state index in [2.05, 4.69) is 20.8 Å². The molecular formula is C19H25ClN2O3. The lowest BCUT2D eigenvalue weighted by atomic mass is 9.87. The summed E-state index contributed by atoms with van der Waals surface area (Å²) in [4.78, 5) is 12.1. The van der Waals surface area contributed by atoms with E-state index in [1.54, 1.807) is 31.4 Å². The van der Waals surface area contributed by atoms with Crippen LogP contribution in [-0.2, 0) is 10.2 Å². The fourth-order valence-electron chi connectivity index (χ4n) is 2.15. The number of anilines is 1. The molecule has 6 heteroatoms. The van der Waals surface area contributed by atoms with Crippen molar-refractivity contribution in [2.24, 2.45) is 5.84 Å². The lowest BCUT2D eigenvalue weighted by molar-refractivity contribution is -0.120. The summed E-state index contributed by atoms with van der Waals surface area (Å²) >= 11 is 0. The summed E-state index contributed by atoms with van der Waals surface area (Å²) in [6.07, 6.45) is 0. The maximum Gasteiger partial charge on any atom is 0.279 e. The van der Waals surface area contributed by atoms with Gasteiger partial charge >= 0.3 is 0 Å². The Morgan fingerprint density at radius 3 is 2.00 bits per heavy atom. The molecule has 0 aliphatic rings. The fourth-order valence-corrected chi connectivity index (χ4v) is 2.15. The number of halogens is 1. The molecule has 25 heavy (non-hydrogen) atoms. The molecule has 0 spiro atoms. The van der Waals surface area contributed by atoms with Gasteiger partial charge in [-0.3, -0.25) is 4.79 Å². The smallest absolute Gasteiger partial charge is 0.279 e. The number of carbonyl (C=O) groups excluding carboxylic acids is 1.